The molecule has 20 heavy (non-hydrogen) atoms. The molecule has 0 aromatic heterocycles. The molecule has 0 aromatic carbocycles. The summed E-state index contributed by atoms with van der Waals surface area (Å²) in [5.74, 6) is 0. The molecule has 2 heteroatoms. The zero-order chi connectivity index (χ0) is 13.9. The number of hydrogen-bond donors (Lipinski definition) is 0. The van der Waals surface area contributed by atoms with Gasteiger partial charge in [-0.3, -0.25) is 0 Å². The first-order valence-corrected chi connectivity index (χ1v) is 8.07. The Morgan fingerprint density at radius 2 is 1.05 bits per heavy atom. The Balaban J connectivity index is 1.63. The van der Waals surface area contributed by atoms with E-state index in [2.05, 4.69) is 38.2 Å². The summed E-state index contributed by atoms with van der Waals surface area (Å²) in [6, 6.07) is 0. The van der Waals surface area contributed by atoms with E-state index in [4.69, 9.17) is 9.47 Å². The second-order valence-corrected chi connectivity index (χ2v) is 8.17. The molecule has 4 rings (SSSR count). The van der Waals surface area contributed by atoms with Crippen LogP contribution in [0.4, 0.5) is 0 Å². The van der Waals surface area contributed by atoms with E-state index < -0.39 is 0 Å². The van der Waals surface area contributed by atoms with Gasteiger partial charge in [-0.2, -0.15) is 0 Å². The Hall–Kier alpha value is -0.600. The fourth-order valence-electron chi connectivity index (χ4n) is 5.74. The second-order valence-electron chi connectivity index (χ2n) is 8.17. The topological polar surface area (TPSA) is 18.5 Å². The summed E-state index contributed by atoms with van der Waals surface area (Å²) in [6.45, 7) is 6.58. The Morgan fingerprint density at radius 1 is 0.650 bits per heavy atom. The van der Waals surface area contributed by atoms with Gasteiger partial charge in [0.1, 0.15) is 0 Å². The van der Waals surface area contributed by atoms with Crippen molar-refractivity contribution in [3.63, 3.8) is 0 Å². The maximum absolute atomic E-state index is 6.23. The average molecular weight is 274 g/mol. The van der Waals surface area contributed by atoms with Crippen LogP contribution in [0.2, 0.25) is 0 Å². The van der Waals surface area contributed by atoms with Crippen LogP contribution in [0.1, 0.15) is 52.4 Å². The fourth-order valence-corrected chi connectivity index (χ4v) is 5.74. The maximum atomic E-state index is 6.23. The summed E-state index contributed by atoms with van der Waals surface area (Å²) < 4.78 is 12.5. The lowest BCUT2D eigenvalue weighted by Crippen LogP contribution is -2.38. The molecule has 4 aliphatic rings. The van der Waals surface area contributed by atoms with E-state index in [1.165, 1.54) is 25.7 Å². The number of hydrogen-bond acceptors (Lipinski definition) is 2. The van der Waals surface area contributed by atoms with Crippen LogP contribution < -0.4 is 0 Å². The second kappa shape index (κ2) is 3.98. The first kappa shape index (κ1) is 13.1. The van der Waals surface area contributed by atoms with E-state index in [-0.39, 0.29) is 11.2 Å². The Bertz CT molecular complexity index is 418. The highest BCUT2D eigenvalue weighted by Gasteiger charge is 2.67. The Morgan fingerprint density at radius 3 is 1.35 bits per heavy atom. The molecule has 0 aromatic rings. The molecule has 2 nitrogen and oxygen atoms in total. The van der Waals surface area contributed by atoms with Crippen molar-refractivity contribution in [2.75, 3.05) is 13.2 Å². The van der Waals surface area contributed by atoms with Gasteiger partial charge in [-0.15, -0.1) is 0 Å². The third-order valence-electron chi connectivity index (χ3n) is 6.59. The van der Waals surface area contributed by atoms with Gasteiger partial charge >= 0.3 is 0 Å². The molecule has 2 fully saturated rings. The summed E-state index contributed by atoms with van der Waals surface area (Å²) in [7, 11) is 0. The van der Waals surface area contributed by atoms with E-state index in [0.29, 0.717) is 10.8 Å². The van der Waals surface area contributed by atoms with E-state index >= 15 is 0 Å². The first-order valence-electron chi connectivity index (χ1n) is 8.07. The predicted molar refractivity (Wildman–Crippen MR) is 79.6 cm³/mol. The normalized spacial score (nSPS) is 53.9. The van der Waals surface area contributed by atoms with Crippen LogP contribution in [0.5, 0.6) is 0 Å². The van der Waals surface area contributed by atoms with Gasteiger partial charge < -0.3 is 9.47 Å². The Kier molecular flexibility index (Phi) is 2.61. The lowest BCUT2D eigenvalue weighted by molar-refractivity contribution is -0.0722. The molecule has 2 spiro atoms. The molecule has 0 saturated heterocycles. The van der Waals surface area contributed by atoms with Gasteiger partial charge in [0.25, 0.3) is 0 Å². The van der Waals surface area contributed by atoms with Gasteiger partial charge in [0.05, 0.1) is 24.4 Å². The fraction of sp³-hybridized carbons (Fsp3) is 0.778. The molecular weight excluding hydrogens is 248 g/mol. The summed E-state index contributed by atoms with van der Waals surface area (Å²) in [4.78, 5) is 0. The van der Waals surface area contributed by atoms with Gasteiger partial charge in [0, 0.05) is 0 Å². The molecule has 0 radical (unpaired) electrons. The van der Waals surface area contributed by atoms with Gasteiger partial charge in [0.2, 0.25) is 0 Å². The zero-order valence-electron chi connectivity index (χ0n) is 12.8. The SMILES string of the molecule is CC12CC3(CC=CCO3)CC1(C)CC1(CC=CCO1)C2. The van der Waals surface area contributed by atoms with Crippen molar-refractivity contribution in [2.24, 2.45) is 10.8 Å². The van der Waals surface area contributed by atoms with Crippen molar-refractivity contribution < 1.29 is 9.47 Å². The maximum Gasteiger partial charge on any atom is 0.0731 e. The summed E-state index contributed by atoms with van der Waals surface area (Å²) in [6.07, 6.45) is 16.0. The molecule has 2 heterocycles. The minimum absolute atomic E-state index is 0.115. The molecule has 2 saturated carbocycles. The number of fused-ring (bicyclic) bond motifs is 1. The van der Waals surface area contributed by atoms with Crippen LogP contribution >= 0.6 is 0 Å². The van der Waals surface area contributed by atoms with E-state index in [1.54, 1.807) is 0 Å². The van der Waals surface area contributed by atoms with Crippen LogP contribution in [0.15, 0.2) is 24.3 Å². The van der Waals surface area contributed by atoms with Crippen LogP contribution in [0.3, 0.4) is 0 Å². The molecule has 0 atom stereocenters. The van der Waals surface area contributed by atoms with Crippen LogP contribution in [0, 0.1) is 10.8 Å². The largest absolute Gasteiger partial charge is 0.371 e. The highest BCUT2D eigenvalue weighted by Crippen LogP contribution is 2.70. The van der Waals surface area contributed by atoms with E-state index in [0.717, 1.165) is 26.1 Å². The summed E-state index contributed by atoms with van der Waals surface area (Å²) in [5.41, 5.74) is 0.960. The average Bonchev–Trinajstić information content (AvgIpc) is 2.69. The smallest absolute Gasteiger partial charge is 0.0731 e. The number of rotatable bonds is 0. The van der Waals surface area contributed by atoms with Gasteiger partial charge in [-0.25, -0.2) is 0 Å². The lowest BCUT2D eigenvalue weighted by Gasteiger charge is -2.37. The predicted octanol–water partition coefficient (Wildman–Crippen LogP) is 4.02. The molecule has 0 N–H and O–H groups in total. The zero-order valence-corrected chi connectivity index (χ0v) is 12.8. The van der Waals surface area contributed by atoms with Crippen LogP contribution in [-0.2, 0) is 9.47 Å². The monoisotopic (exact) mass is 274 g/mol. The molecule has 2 aliphatic carbocycles. The van der Waals surface area contributed by atoms with Crippen molar-refractivity contribution in [3.05, 3.63) is 24.3 Å². The van der Waals surface area contributed by atoms with Crippen molar-refractivity contribution in [2.45, 2.75) is 63.6 Å². The third kappa shape index (κ3) is 1.70. The minimum atomic E-state index is 0.115. The summed E-state index contributed by atoms with van der Waals surface area (Å²) >= 11 is 0. The van der Waals surface area contributed by atoms with Crippen LogP contribution in [-0.4, -0.2) is 24.4 Å². The van der Waals surface area contributed by atoms with Gasteiger partial charge in [0.15, 0.2) is 0 Å². The molecule has 0 bridgehead atoms. The van der Waals surface area contributed by atoms with Crippen molar-refractivity contribution in [3.8, 4) is 0 Å². The van der Waals surface area contributed by atoms with Gasteiger partial charge in [-0.1, -0.05) is 38.2 Å². The standard InChI is InChI=1S/C18H26O2/c1-15-11-17(7-3-5-9-19-17)13-16(15,2)14-18(12-15)8-4-6-10-20-18/h3-6H,7-14H2,1-2H3. The van der Waals surface area contributed by atoms with E-state index in [1.807, 2.05) is 0 Å². The highest BCUT2D eigenvalue weighted by molar-refractivity contribution is 5.21. The molecule has 110 valence electrons. The quantitative estimate of drug-likeness (QED) is 0.621. The molecule has 0 amide bonds. The Labute approximate surface area is 122 Å². The van der Waals surface area contributed by atoms with Gasteiger partial charge in [-0.05, 0) is 49.4 Å². The molecular formula is C18H26O2. The van der Waals surface area contributed by atoms with E-state index in [9.17, 15) is 0 Å². The van der Waals surface area contributed by atoms with Crippen LogP contribution in [0.25, 0.3) is 0 Å². The van der Waals surface area contributed by atoms with Crippen molar-refractivity contribution in [1.29, 1.82) is 0 Å². The van der Waals surface area contributed by atoms with Crippen molar-refractivity contribution in [1.82, 2.24) is 0 Å². The lowest BCUT2D eigenvalue weighted by atomic mass is 9.71. The highest BCUT2D eigenvalue weighted by atomic mass is 16.5. The molecule has 2 aliphatic heterocycles. The summed E-state index contributed by atoms with van der Waals surface area (Å²) in [5, 5.41) is 0. The first-order chi connectivity index (χ1) is 9.49. The minimum Gasteiger partial charge on any atom is -0.371 e. The number of ether oxygens (including phenoxy) is 2. The third-order valence-corrected chi connectivity index (χ3v) is 6.59. The van der Waals surface area contributed by atoms with Crippen molar-refractivity contribution >= 4 is 0 Å². The molecule has 0 unspecified atom stereocenters.